The van der Waals surface area contributed by atoms with Gasteiger partial charge in [0.1, 0.15) is 5.75 Å². The van der Waals surface area contributed by atoms with E-state index in [9.17, 15) is 5.11 Å². The van der Waals surface area contributed by atoms with Gasteiger partial charge >= 0.3 is 0 Å². The molecule has 0 aliphatic heterocycles. The van der Waals surface area contributed by atoms with E-state index in [0.717, 1.165) is 27.7 Å². The average molecular weight is 204 g/mol. The molecule has 0 saturated heterocycles. The van der Waals surface area contributed by atoms with E-state index in [1.807, 2.05) is 27.0 Å². The number of rotatable bonds is 1. The fourth-order valence-corrected chi connectivity index (χ4v) is 2.22. The van der Waals surface area contributed by atoms with Gasteiger partial charge in [0.05, 0.1) is 5.52 Å². The van der Waals surface area contributed by atoms with Crippen LogP contribution in [0, 0.1) is 13.8 Å². The van der Waals surface area contributed by atoms with Crippen LogP contribution in [0.5, 0.6) is 5.75 Å². The van der Waals surface area contributed by atoms with Gasteiger partial charge in [-0.3, -0.25) is 0 Å². The highest BCUT2D eigenvalue weighted by Crippen LogP contribution is 2.33. The maximum absolute atomic E-state index is 9.88. The van der Waals surface area contributed by atoms with Crippen LogP contribution in [0.3, 0.4) is 0 Å². The molecular weight excluding hydrogens is 188 g/mol. The van der Waals surface area contributed by atoms with Crippen molar-refractivity contribution in [3.63, 3.8) is 0 Å². The van der Waals surface area contributed by atoms with Crippen LogP contribution in [0.25, 0.3) is 10.9 Å². The Morgan fingerprint density at radius 3 is 2.60 bits per heavy atom. The lowest BCUT2D eigenvalue weighted by Crippen LogP contribution is -1.99. The summed E-state index contributed by atoms with van der Waals surface area (Å²) in [7, 11) is 2.00. The van der Waals surface area contributed by atoms with E-state index in [-0.39, 0.29) is 0 Å². The third-order valence-corrected chi connectivity index (χ3v) is 3.14. The molecule has 3 N–H and O–H groups in total. The summed E-state index contributed by atoms with van der Waals surface area (Å²) >= 11 is 0. The van der Waals surface area contributed by atoms with Gasteiger partial charge < -0.3 is 15.4 Å². The molecule has 0 aliphatic rings. The molecule has 0 unspecified atom stereocenters. The predicted molar refractivity (Wildman–Crippen MR) is 61.9 cm³/mol. The largest absolute Gasteiger partial charge is 0.507 e. The smallest absolute Gasteiger partial charge is 0.125 e. The second kappa shape index (κ2) is 3.28. The first-order valence-corrected chi connectivity index (χ1v) is 5.04. The lowest BCUT2D eigenvalue weighted by atomic mass is 10.1. The topological polar surface area (TPSA) is 51.2 Å². The highest BCUT2D eigenvalue weighted by Gasteiger charge is 2.15. The van der Waals surface area contributed by atoms with E-state index in [1.165, 1.54) is 0 Å². The quantitative estimate of drug-likeness (QED) is 0.746. The third kappa shape index (κ3) is 1.23. The first-order chi connectivity index (χ1) is 7.07. The molecule has 0 spiro atoms. The van der Waals surface area contributed by atoms with Gasteiger partial charge in [-0.05, 0) is 31.0 Å². The van der Waals surface area contributed by atoms with Crippen molar-refractivity contribution in [1.29, 1.82) is 0 Å². The Kier molecular flexibility index (Phi) is 2.20. The molecule has 1 heterocycles. The molecule has 0 saturated carbocycles. The fraction of sp³-hybridized carbons (Fsp3) is 0.333. The van der Waals surface area contributed by atoms with Gasteiger partial charge in [0, 0.05) is 24.7 Å². The summed E-state index contributed by atoms with van der Waals surface area (Å²) in [5, 5.41) is 10.8. The number of phenols is 1. The van der Waals surface area contributed by atoms with Gasteiger partial charge in [-0.15, -0.1) is 0 Å². The fourth-order valence-electron chi connectivity index (χ4n) is 2.22. The number of hydrogen-bond donors (Lipinski definition) is 2. The van der Waals surface area contributed by atoms with Gasteiger partial charge in [-0.1, -0.05) is 6.07 Å². The maximum Gasteiger partial charge on any atom is 0.125 e. The zero-order valence-electron chi connectivity index (χ0n) is 9.33. The van der Waals surface area contributed by atoms with Crippen molar-refractivity contribution in [1.82, 2.24) is 4.57 Å². The Bertz CT molecular complexity index is 526. The normalized spacial score (nSPS) is 11.2. The first-order valence-electron chi connectivity index (χ1n) is 5.04. The molecular formula is C12H16N2O. The minimum Gasteiger partial charge on any atom is -0.507 e. The zero-order chi connectivity index (χ0) is 11.2. The monoisotopic (exact) mass is 204 g/mol. The number of benzene rings is 1. The van der Waals surface area contributed by atoms with Crippen LogP contribution in [-0.2, 0) is 13.6 Å². The van der Waals surface area contributed by atoms with Gasteiger partial charge in [0.25, 0.3) is 0 Å². The molecule has 3 nitrogen and oxygen atoms in total. The lowest BCUT2D eigenvalue weighted by Gasteiger charge is -2.03. The zero-order valence-corrected chi connectivity index (χ0v) is 9.33. The molecule has 80 valence electrons. The van der Waals surface area contributed by atoms with Crippen molar-refractivity contribution in [2.24, 2.45) is 12.8 Å². The van der Waals surface area contributed by atoms with Crippen LogP contribution in [0.1, 0.15) is 16.8 Å². The van der Waals surface area contributed by atoms with E-state index < -0.39 is 0 Å². The summed E-state index contributed by atoms with van der Waals surface area (Å²) in [6.45, 7) is 4.53. The maximum atomic E-state index is 9.88. The van der Waals surface area contributed by atoms with E-state index in [2.05, 4.69) is 4.57 Å². The van der Waals surface area contributed by atoms with Crippen LogP contribution < -0.4 is 5.73 Å². The molecule has 2 rings (SSSR count). The SMILES string of the molecule is Cc1ccc(O)c2c(CN)c(C)n(C)c12. The van der Waals surface area contributed by atoms with Crippen LogP contribution in [-0.4, -0.2) is 9.67 Å². The number of nitrogens with zero attached hydrogens (tertiary/aromatic N) is 1. The summed E-state index contributed by atoms with van der Waals surface area (Å²) in [6, 6.07) is 3.66. The van der Waals surface area contributed by atoms with E-state index in [1.54, 1.807) is 6.07 Å². The summed E-state index contributed by atoms with van der Waals surface area (Å²) in [4.78, 5) is 0. The molecule has 3 heteroatoms. The van der Waals surface area contributed by atoms with Crippen molar-refractivity contribution >= 4 is 10.9 Å². The lowest BCUT2D eigenvalue weighted by molar-refractivity contribution is 0.481. The van der Waals surface area contributed by atoms with Crippen LogP contribution in [0.4, 0.5) is 0 Å². The average Bonchev–Trinajstić information content (AvgIpc) is 2.47. The second-order valence-electron chi connectivity index (χ2n) is 3.95. The molecule has 0 atom stereocenters. The van der Waals surface area contributed by atoms with Gasteiger partial charge in [-0.25, -0.2) is 0 Å². The number of fused-ring (bicyclic) bond motifs is 1. The molecule has 0 radical (unpaired) electrons. The molecule has 15 heavy (non-hydrogen) atoms. The number of hydrogen-bond acceptors (Lipinski definition) is 2. The van der Waals surface area contributed by atoms with E-state index in [4.69, 9.17) is 5.73 Å². The Morgan fingerprint density at radius 1 is 1.33 bits per heavy atom. The van der Waals surface area contributed by atoms with E-state index >= 15 is 0 Å². The number of aryl methyl sites for hydroxylation is 2. The standard InChI is InChI=1S/C12H16N2O/c1-7-4-5-10(15)11-9(6-13)8(2)14(3)12(7)11/h4-5,15H,6,13H2,1-3H3. The minimum atomic E-state index is 0.319. The Hall–Kier alpha value is -1.48. The van der Waals surface area contributed by atoms with Gasteiger partial charge in [0.2, 0.25) is 0 Å². The molecule has 0 aliphatic carbocycles. The summed E-state index contributed by atoms with van der Waals surface area (Å²) in [6.07, 6.45) is 0. The molecule has 0 amide bonds. The van der Waals surface area contributed by atoms with Gasteiger partial charge in [0.15, 0.2) is 0 Å². The van der Waals surface area contributed by atoms with Crippen LogP contribution in [0.15, 0.2) is 12.1 Å². The van der Waals surface area contributed by atoms with Crippen LogP contribution in [0.2, 0.25) is 0 Å². The summed E-state index contributed by atoms with van der Waals surface area (Å²) in [5.41, 5.74) is 10.1. The Morgan fingerprint density at radius 2 is 2.00 bits per heavy atom. The van der Waals surface area contributed by atoms with Crippen molar-refractivity contribution in [2.45, 2.75) is 20.4 Å². The van der Waals surface area contributed by atoms with Crippen molar-refractivity contribution in [3.8, 4) is 5.75 Å². The van der Waals surface area contributed by atoms with Gasteiger partial charge in [-0.2, -0.15) is 0 Å². The summed E-state index contributed by atoms with van der Waals surface area (Å²) < 4.78 is 2.09. The first kappa shape index (κ1) is 10.1. The molecule has 2 aromatic rings. The number of aromatic hydroxyl groups is 1. The summed E-state index contributed by atoms with van der Waals surface area (Å²) in [5.74, 6) is 0.319. The number of phenolic OH excluding ortho intramolecular Hbond substituents is 1. The second-order valence-corrected chi connectivity index (χ2v) is 3.95. The van der Waals surface area contributed by atoms with Crippen molar-refractivity contribution in [2.75, 3.05) is 0 Å². The highest BCUT2D eigenvalue weighted by atomic mass is 16.3. The van der Waals surface area contributed by atoms with Crippen molar-refractivity contribution in [3.05, 3.63) is 29.0 Å². The molecule has 0 bridgehead atoms. The predicted octanol–water partition coefficient (Wildman–Crippen LogP) is 1.96. The van der Waals surface area contributed by atoms with Crippen molar-refractivity contribution < 1.29 is 5.11 Å². The van der Waals surface area contributed by atoms with Crippen LogP contribution >= 0.6 is 0 Å². The number of nitrogens with two attached hydrogens (primary N) is 1. The Balaban J connectivity index is 3.02. The highest BCUT2D eigenvalue weighted by molar-refractivity contribution is 5.93. The molecule has 1 aromatic heterocycles. The minimum absolute atomic E-state index is 0.319. The third-order valence-electron chi connectivity index (χ3n) is 3.14. The molecule has 1 aromatic carbocycles. The van der Waals surface area contributed by atoms with E-state index in [0.29, 0.717) is 12.3 Å². The molecule has 0 fully saturated rings. The Labute approximate surface area is 89.1 Å². The number of aromatic nitrogens is 1.